The second-order valence-corrected chi connectivity index (χ2v) is 5.66. The van der Waals surface area contributed by atoms with E-state index in [0.717, 1.165) is 22.3 Å². The molecule has 104 valence electrons. The summed E-state index contributed by atoms with van der Waals surface area (Å²) in [6, 6.07) is 0. The van der Waals surface area contributed by atoms with Crippen LogP contribution in [0.5, 0.6) is 0 Å². The zero-order valence-electron chi connectivity index (χ0n) is 12.5. The molecule has 0 bridgehead atoms. The van der Waals surface area contributed by atoms with Gasteiger partial charge in [-0.15, -0.1) is 0 Å². The molecule has 1 fully saturated rings. The number of ether oxygens (including phenoxy) is 1. The Kier molecular flexibility index (Phi) is 4.87. The van der Waals surface area contributed by atoms with Crippen molar-refractivity contribution >= 4 is 11.9 Å². The van der Waals surface area contributed by atoms with E-state index in [0.29, 0.717) is 0 Å². The summed E-state index contributed by atoms with van der Waals surface area (Å²) in [5, 5.41) is 0. The van der Waals surface area contributed by atoms with Crippen LogP contribution < -0.4 is 0 Å². The molecule has 0 unspecified atom stereocenters. The molecule has 0 amide bonds. The van der Waals surface area contributed by atoms with E-state index in [1.807, 2.05) is 53.7 Å². The van der Waals surface area contributed by atoms with Crippen LogP contribution in [-0.4, -0.2) is 11.9 Å². The lowest BCUT2D eigenvalue weighted by atomic mass is 9.84. The maximum absolute atomic E-state index is 12.0. The summed E-state index contributed by atoms with van der Waals surface area (Å²) < 4.78 is 4.81. The minimum absolute atomic E-state index is 0.443. The number of esters is 2. The predicted molar refractivity (Wildman–Crippen MR) is 75.3 cm³/mol. The Morgan fingerprint density at radius 1 is 0.947 bits per heavy atom. The minimum Gasteiger partial charge on any atom is -0.392 e. The summed E-state index contributed by atoms with van der Waals surface area (Å²) in [5.74, 6) is -1.90. The zero-order chi connectivity index (χ0) is 14.7. The topological polar surface area (TPSA) is 43.4 Å². The third-order valence-corrected chi connectivity index (χ3v) is 2.96. The van der Waals surface area contributed by atoms with Crippen LogP contribution in [0.1, 0.15) is 41.5 Å². The van der Waals surface area contributed by atoms with E-state index in [-0.39, 0.29) is 0 Å². The quantitative estimate of drug-likeness (QED) is 0.338. The van der Waals surface area contributed by atoms with Crippen molar-refractivity contribution in [1.82, 2.24) is 0 Å². The summed E-state index contributed by atoms with van der Waals surface area (Å²) in [6.07, 6.45) is 3.78. The van der Waals surface area contributed by atoms with Crippen LogP contribution in [-0.2, 0) is 14.3 Å². The highest BCUT2D eigenvalue weighted by molar-refractivity contribution is 5.99. The van der Waals surface area contributed by atoms with E-state index < -0.39 is 23.8 Å². The normalized spacial score (nSPS) is 21.8. The molecule has 1 aliphatic heterocycles. The Bertz CT molecular complexity index is 480. The number of hydrogen-bond donors (Lipinski definition) is 0. The average Bonchev–Trinajstić information content (AvgIpc) is 2.49. The largest absolute Gasteiger partial charge is 0.392 e. The van der Waals surface area contributed by atoms with Crippen molar-refractivity contribution in [2.75, 3.05) is 0 Å². The number of allylic oxidation sites excluding steroid dienone is 4. The molecule has 1 aliphatic rings. The van der Waals surface area contributed by atoms with E-state index in [4.69, 9.17) is 4.74 Å². The van der Waals surface area contributed by atoms with Gasteiger partial charge in [-0.1, -0.05) is 28.9 Å². The number of cyclic esters (lactones) is 2. The molecular weight excluding hydrogens is 240 g/mol. The van der Waals surface area contributed by atoms with Gasteiger partial charge in [-0.05, 0) is 47.1 Å². The van der Waals surface area contributed by atoms with E-state index in [1.165, 1.54) is 0 Å². The van der Waals surface area contributed by atoms with Gasteiger partial charge in [0.1, 0.15) is 0 Å². The molecule has 1 heterocycles. The van der Waals surface area contributed by atoms with E-state index in [9.17, 15) is 9.59 Å². The molecule has 0 saturated carbocycles. The van der Waals surface area contributed by atoms with Gasteiger partial charge in [-0.25, -0.2) is 0 Å². The number of carbonyl (C=O) groups excluding carboxylic acids is 2. The summed E-state index contributed by atoms with van der Waals surface area (Å²) in [5.41, 5.74) is 4.02. The van der Waals surface area contributed by atoms with Gasteiger partial charge in [0, 0.05) is 0 Å². The molecule has 0 aromatic carbocycles. The van der Waals surface area contributed by atoms with Gasteiger partial charge in [0.2, 0.25) is 0 Å². The van der Waals surface area contributed by atoms with Crippen molar-refractivity contribution in [3.8, 4) is 0 Å². The summed E-state index contributed by atoms with van der Waals surface area (Å²) in [6.45, 7) is 11.7. The van der Waals surface area contributed by atoms with Crippen LogP contribution in [0.25, 0.3) is 0 Å². The fourth-order valence-corrected chi connectivity index (χ4v) is 2.21. The van der Waals surface area contributed by atoms with Crippen molar-refractivity contribution in [3.05, 3.63) is 34.4 Å². The Balaban J connectivity index is 3.31. The number of hydrogen-bond acceptors (Lipinski definition) is 3. The van der Waals surface area contributed by atoms with Gasteiger partial charge >= 0.3 is 11.9 Å². The van der Waals surface area contributed by atoms with Crippen molar-refractivity contribution in [2.24, 2.45) is 11.8 Å². The van der Waals surface area contributed by atoms with Gasteiger partial charge in [0.25, 0.3) is 0 Å². The highest BCUT2D eigenvalue weighted by Gasteiger charge is 2.44. The van der Waals surface area contributed by atoms with Gasteiger partial charge in [0.05, 0.1) is 11.8 Å². The molecule has 1 rings (SSSR count). The summed E-state index contributed by atoms with van der Waals surface area (Å²) >= 11 is 0. The lowest BCUT2D eigenvalue weighted by Crippen LogP contribution is -2.19. The average molecular weight is 262 g/mol. The van der Waals surface area contributed by atoms with Crippen molar-refractivity contribution < 1.29 is 14.3 Å². The van der Waals surface area contributed by atoms with Crippen LogP contribution in [0, 0.1) is 11.8 Å². The first-order valence-corrected chi connectivity index (χ1v) is 6.47. The van der Waals surface area contributed by atoms with Crippen LogP contribution in [0.2, 0.25) is 0 Å². The lowest BCUT2D eigenvalue weighted by molar-refractivity contribution is -0.153. The van der Waals surface area contributed by atoms with Crippen molar-refractivity contribution in [1.29, 1.82) is 0 Å². The predicted octanol–water partition coefficient (Wildman–Crippen LogP) is 3.57. The van der Waals surface area contributed by atoms with Crippen LogP contribution in [0.3, 0.4) is 0 Å². The molecule has 3 heteroatoms. The first kappa shape index (κ1) is 15.4. The molecule has 0 radical (unpaired) electrons. The maximum atomic E-state index is 12.0. The second-order valence-electron chi connectivity index (χ2n) is 5.66. The number of rotatable bonds is 3. The van der Waals surface area contributed by atoms with Gasteiger partial charge < -0.3 is 4.74 Å². The fourth-order valence-electron chi connectivity index (χ4n) is 2.21. The highest BCUT2D eigenvalue weighted by Crippen LogP contribution is 2.34. The molecule has 0 aromatic rings. The summed E-state index contributed by atoms with van der Waals surface area (Å²) in [7, 11) is 0. The van der Waals surface area contributed by atoms with E-state index >= 15 is 0 Å². The third kappa shape index (κ3) is 3.66. The highest BCUT2D eigenvalue weighted by atomic mass is 16.6. The number of carbonyl (C=O) groups is 2. The molecule has 2 atom stereocenters. The van der Waals surface area contributed by atoms with Gasteiger partial charge in [-0.3, -0.25) is 9.59 Å². The van der Waals surface area contributed by atoms with Crippen LogP contribution >= 0.6 is 0 Å². The molecular formula is C16H22O3. The first-order chi connectivity index (χ1) is 8.73. The third-order valence-electron chi connectivity index (χ3n) is 2.96. The summed E-state index contributed by atoms with van der Waals surface area (Å²) in [4.78, 5) is 23.8. The lowest BCUT2D eigenvalue weighted by Gasteiger charge is -2.15. The molecule has 3 nitrogen and oxygen atoms in total. The Morgan fingerprint density at radius 2 is 1.53 bits per heavy atom. The van der Waals surface area contributed by atoms with Crippen molar-refractivity contribution in [3.63, 3.8) is 0 Å². The Morgan fingerprint density at radius 3 is 1.95 bits per heavy atom. The minimum atomic E-state index is -0.512. The van der Waals surface area contributed by atoms with Crippen LogP contribution in [0.15, 0.2) is 34.4 Å². The maximum Gasteiger partial charge on any atom is 0.322 e. The fraction of sp³-hybridized carbons (Fsp3) is 0.500. The Hall–Kier alpha value is -1.64. The molecule has 19 heavy (non-hydrogen) atoms. The Labute approximate surface area is 115 Å². The monoisotopic (exact) mass is 262 g/mol. The van der Waals surface area contributed by atoms with Crippen LogP contribution in [0.4, 0.5) is 0 Å². The molecule has 0 aliphatic carbocycles. The standard InChI is InChI=1S/C16H22O3/c1-9(2)7-12(11(5)6)14-13(8-10(3)4)15(17)19-16(14)18/h7-8,13-14H,1-6H3/t13-,14-/m0/s1. The SMILES string of the molecule is CC(C)=CC(=C(C)C)[C@@H]1C(=O)OC(=O)[C@H]1C=C(C)C. The molecule has 0 N–H and O–H groups in total. The smallest absolute Gasteiger partial charge is 0.322 e. The van der Waals surface area contributed by atoms with Crippen molar-refractivity contribution in [2.45, 2.75) is 41.5 Å². The second kappa shape index (κ2) is 6.00. The molecule has 1 saturated heterocycles. The van der Waals surface area contributed by atoms with Gasteiger partial charge in [0.15, 0.2) is 0 Å². The molecule has 0 aromatic heterocycles. The zero-order valence-corrected chi connectivity index (χ0v) is 12.5. The van der Waals surface area contributed by atoms with E-state index in [2.05, 4.69) is 0 Å². The first-order valence-electron chi connectivity index (χ1n) is 6.47. The molecule has 0 spiro atoms. The van der Waals surface area contributed by atoms with E-state index in [1.54, 1.807) is 0 Å². The van der Waals surface area contributed by atoms with Gasteiger partial charge in [-0.2, -0.15) is 0 Å².